The number of rotatable bonds is 8. The molecule has 0 unspecified atom stereocenters. The number of para-hydroxylation sites is 1. The molecule has 1 N–H and O–H groups in total. The third kappa shape index (κ3) is 4.93. The van der Waals surface area contributed by atoms with Gasteiger partial charge in [0.05, 0.1) is 16.2 Å². The Morgan fingerprint density at radius 3 is 2.40 bits per heavy atom. The van der Waals surface area contributed by atoms with Crippen LogP contribution in [0.5, 0.6) is 0 Å². The summed E-state index contributed by atoms with van der Waals surface area (Å²) in [7, 11) is 0. The van der Waals surface area contributed by atoms with E-state index in [0.717, 1.165) is 6.42 Å². The van der Waals surface area contributed by atoms with Crippen molar-refractivity contribution < 1.29 is 4.79 Å². The third-order valence-corrected chi connectivity index (χ3v) is 6.30. The first-order valence-corrected chi connectivity index (χ1v) is 11.3. The fourth-order valence-corrected chi connectivity index (χ4v) is 4.53. The Bertz CT molecular complexity index is 1060. The quantitative estimate of drug-likeness (QED) is 0.419. The smallest absolute Gasteiger partial charge is 0.262 e. The van der Waals surface area contributed by atoms with Gasteiger partial charge in [-0.3, -0.25) is 14.2 Å². The maximum atomic E-state index is 13.0. The second kappa shape index (κ2) is 9.94. The van der Waals surface area contributed by atoms with E-state index in [1.807, 2.05) is 57.2 Å². The average molecular weight is 424 g/mol. The highest BCUT2D eigenvalue weighted by Gasteiger charge is 2.21. The average Bonchev–Trinajstić information content (AvgIpc) is 2.74. The van der Waals surface area contributed by atoms with Gasteiger partial charge in [-0.2, -0.15) is 0 Å². The number of hydrogen-bond acceptors (Lipinski definition) is 4. The van der Waals surface area contributed by atoms with Crippen molar-refractivity contribution in [3.63, 3.8) is 0 Å². The number of nitrogens with one attached hydrogen (secondary N) is 1. The van der Waals surface area contributed by atoms with Gasteiger partial charge in [-0.05, 0) is 44.9 Å². The van der Waals surface area contributed by atoms with Crippen LogP contribution in [0.2, 0.25) is 0 Å². The highest BCUT2D eigenvalue weighted by molar-refractivity contribution is 8.00. The molecule has 0 fully saturated rings. The lowest BCUT2D eigenvalue weighted by atomic mass is 9.96. The van der Waals surface area contributed by atoms with Gasteiger partial charge in [0.15, 0.2) is 5.16 Å². The number of carbonyl (C=O) groups excluding carboxylic acids is 1. The van der Waals surface area contributed by atoms with Crippen molar-refractivity contribution in [1.29, 1.82) is 0 Å². The van der Waals surface area contributed by atoms with Crippen molar-refractivity contribution in [3.05, 3.63) is 70.5 Å². The zero-order chi connectivity index (χ0) is 21.7. The van der Waals surface area contributed by atoms with Gasteiger partial charge < -0.3 is 5.32 Å². The molecule has 158 valence electrons. The van der Waals surface area contributed by atoms with Crippen LogP contribution in [0.3, 0.4) is 0 Å². The van der Waals surface area contributed by atoms with E-state index in [1.165, 1.54) is 17.3 Å². The predicted molar refractivity (Wildman–Crippen MR) is 124 cm³/mol. The summed E-state index contributed by atoms with van der Waals surface area (Å²) in [6, 6.07) is 17.5. The number of fused-ring (bicyclic) bond motifs is 1. The van der Waals surface area contributed by atoms with Gasteiger partial charge in [0.1, 0.15) is 0 Å². The third-order valence-electron chi connectivity index (χ3n) is 5.23. The second-order valence-electron chi connectivity index (χ2n) is 7.70. The van der Waals surface area contributed by atoms with E-state index >= 15 is 0 Å². The van der Waals surface area contributed by atoms with Crippen molar-refractivity contribution in [2.24, 2.45) is 0 Å². The molecule has 3 rings (SSSR count). The molecule has 0 aliphatic rings. The second-order valence-corrected chi connectivity index (χ2v) is 9.01. The number of aromatic nitrogens is 2. The van der Waals surface area contributed by atoms with Crippen molar-refractivity contribution in [3.8, 4) is 0 Å². The summed E-state index contributed by atoms with van der Waals surface area (Å²) in [6.07, 6.45) is 0.949. The molecule has 1 heterocycles. The Morgan fingerprint density at radius 2 is 1.73 bits per heavy atom. The molecule has 1 amide bonds. The lowest BCUT2D eigenvalue weighted by Gasteiger charge is -2.20. The van der Waals surface area contributed by atoms with Crippen molar-refractivity contribution in [1.82, 2.24) is 14.9 Å². The number of nitrogens with zero attached hydrogens (tertiary/aromatic N) is 2. The molecule has 1 aromatic heterocycles. The molecule has 2 atom stereocenters. The van der Waals surface area contributed by atoms with E-state index in [9.17, 15) is 9.59 Å². The first-order valence-electron chi connectivity index (χ1n) is 10.4. The van der Waals surface area contributed by atoms with Crippen LogP contribution in [-0.4, -0.2) is 27.3 Å². The Morgan fingerprint density at radius 1 is 1.07 bits per heavy atom. The van der Waals surface area contributed by atoms with Crippen LogP contribution in [0.25, 0.3) is 10.9 Å². The summed E-state index contributed by atoms with van der Waals surface area (Å²) in [5.74, 6) is 0.229. The van der Waals surface area contributed by atoms with Crippen LogP contribution in [0.1, 0.15) is 51.6 Å². The van der Waals surface area contributed by atoms with E-state index in [0.29, 0.717) is 22.6 Å². The van der Waals surface area contributed by atoms with Gasteiger partial charge in [-0.25, -0.2) is 4.98 Å². The number of benzene rings is 2. The van der Waals surface area contributed by atoms with Crippen molar-refractivity contribution >= 4 is 28.6 Å². The standard InChI is InChI=1S/C24H29N3O2S/c1-5-18(19-11-7-6-8-12-19)15-25-22(28)17(4)30-24-26-21-14-10-9-13-20(21)23(29)27(24)16(2)3/h6-14,16-18H,5,15H2,1-4H3,(H,25,28)/t17-,18-/m0/s1. The minimum Gasteiger partial charge on any atom is -0.355 e. The lowest BCUT2D eigenvalue weighted by molar-refractivity contribution is -0.120. The first-order chi connectivity index (χ1) is 14.4. The topological polar surface area (TPSA) is 64.0 Å². The summed E-state index contributed by atoms with van der Waals surface area (Å²) in [5, 5.41) is 3.89. The number of thioether (sulfide) groups is 1. The number of hydrogen-bond donors (Lipinski definition) is 1. The van der Waals surface area contributed by atoms with Gasteiger partial charge >= 0.3 is 0 Å². The van der Waals surface area contributed by atoms with Gasteiger partial charge in [-0.1, -0.05) is 61.2 Å². The minimum absolute atomic E-state index is 0.0464. The van der Waals surface area contributed by atoms with Gasteiger partial charge in [0, 0.05) is 18.5 Å². The fourth-order valence-electron chi connectivity index (χ4n) is 3.47. The van der Waals surface area contributed by atoms with Crippen LogP contribution < -0.4 is 10.9 Å². The largest absolute Gasteiger partial charge is 0.355 e. The molecule has 2 aromatic carbocycles. The van der Waals surface area contributed by atoms with Crippen LogP contribution in [0.4, 0.5) is 0 Å². The summed E-state index contributed by atoms with van der Waals surface area (Å²) in [6.45, 7) is 8.49. The number of carbonyl (C=O) groups is 1. The Labute approximate surface area is 181 Å². The lowest BCUT2D eigenvalue weighted by Crippen LogP contribution is -2.35. The highest BCUT2D eigenvalue weighted by atomic mass is 32.2. The monoisotopic (exact) mass is 423 g/mol. The molecule has 5 nitrogen and oxygen atoms in total. The molecule has 0 saturated carbocycles. The maximum Gasteiger partial charge on any atom is 0.262 e. The maximum absolute atomic E-state index is 13.0. The Kier molecular flexibility index (Phi) is 7.32. The van der Waals surface area contributed by atoms with Crippen molar-refractivity contribution in [2.45, 2.75) is 56.5 Å². The zero-order valence-electron chi connectivity index (χ0n) is 18.0. The van der Waals surface area contributed by atoms with Gasteiger partial charge in [0.2, 0.25) is 5.91 Å². The predicted octanol–water partition coefficient (Wildman–Crippen LogP) is 4.77. The van der Waals surface area contributed by atoms with Gasteiger partial charge in [0.25, 0.3) is 5.56 Å². The summed E-state index contributed by atoms with van der Waals surface area (Å²) in [4.78, 5) is 30.4. The summed E-state index contributed by atoms with van der Waals surface area (Å²) in [5.41, 5.74) is 1.82. The molecule has 0 bridgehead atoms. The van der Waals surface area contributed by atoms with E-state index in [4.69, 9.17) is 0 Å². The number of amides is 1. The SMILES string of the molecule is CC[C@@H](CNC(=O)[C@H](C)Sc1nc2ccccc2c(=O)n1C(C)C)c1ccccc1. The molecule has 0 aliphatic heterocycles. The van der Waals surface area contributed by atoms with E-state index < -0.39 is 0 Å². The van der Waals surface area contributed by atoms with Gasteiger partial charge in [-0.15, -0.1) is 0 Å². The summed E-state index contributed by atoms with van der Waals surface area (Å²) >= 11 is 1.33. The van der Waals surface area contributed by atoms with E-state index in [2.05, 4.69) is 29.4 Å². The van der Waals surface area contributed by atoms with Crippen LogP contribution in [0, 0.1) is 0 Å². The van der Waals surface area contributed by atoms with E-state index in [1.54, 1.807) is 10.6 Å². The highest BCUT2D eigenvalue weighted by Crippen LogP contribution is 2.25. The van der Waals surface area contributed by atoms with Crippen LogP contribution in [0.15, 0.2) is 64.5 Å². The Balaban J connectivity index is 1.76. The normalized spacial score (nSPS) is 13.4. The molecule has 30 heavy (non-hydrogen) atoms. The zero-order valence-corrected chi connectivity index (χ0v) is 18.8. The molecule has 0 saturated heterocycles. The van der Waals surface area contributed by atoms with Crippen LogP contribution >= 0.6 is 11.8 Å². The molecule has 0 radical (unpaired) electrons. The van der Waals surface area contributed by atoms with Crippen LogP contribution in [-0.2, 0) is 4.79 Å². The molecule has 3 aromatic rings. The van der Waals surface area contributed by atoms with Crippen molar-refractivity contribution in [2.75, 3.05) is 6.54 Å². The van der Waals surface area contributed by atoms with E-state index in [-0.39, 0.29) is 28.7 Å². The molecule has 0 spiro atoms. The molecule has 6 heteroatoms. The molecule has 0 aliphatic carbocycles. The first kappa shape index (κ1) is 22.1. The molecular formula is C24H29N3O2S. The Hall–Kier alpha value is -2.60. The summed E-state index contributed by atoms with van der Waals surface area (Å²) < 4.78 is 1.68. The fraction of sp³-hybridized carbons (Fsp3) is 0.375. The minimum atomic E-state index is -0.364. The molecular weight excluding hydrogens is 394 g/mol.